The van der Waals surface area contributed by atoms with Gasteiger partial charge in [-0.25, -0.2) is 4.39 Å². The first-order valence-electron chi connectivity index (χ1n) is 7.90. The van der Waals surface area contributed by atoms with Crippen molar-refractivity contribution in [1.82, 2.24) is 9.88 Å². The topological polar surface area (TPSA) is 36.4 Å². The van der Waals surface area contributed by atoms with Crippen LogP contribution in [0.15, 0.2) is 48.8 Å². The van der Waals surface area contributed by atoms with Gasteiger partial charge in [0.2, 0.25) is 5.91 Å². The molecule has 2 heterocycles. The third kappa shape index (κ3) is 3.86. The van der Waals surface area contributed by atoms with Crippen LogP contribution in [0.25, 0.3) is 0 Å². The molecule has 1 aromatic heterocycles. The van der Waals surface area contributed by atoms with Crippen LogP contribution < -0.4 is 4.90 Å². The van der Waals surface area contributed by atoms with Crippen molar-refractivity contribution in [3.63, 3.8) is 0 Å². The van der Waals surface area contributed by atoms with Crippen LogP contribution in [-0.2, 0) is 11.2 Å². The van der Waals surface area contributed by atoms with Crippen molar-refractivity contribution in [2.24, 2.45) is 0 Å². The first kappa shape index (κ1) is 15.5. The van der Waals surface area contributed by atoms with Crippen LogP contribution in [0.2, 0.25) is 0 Å². The Morgan fingerprint density at radius 2 is 1.74 bits per heavy atom. The summed E-state index contributed by atoms with van der Waals surface area (Å²) in [7, 11) is 0. The first-order valence-corrected chi connectivity index (χ1v) is 7.90. The number of pyridine rings is 1. The Kier molecular flexibility index (Phi) is 4.86. The predicted molar refractivity (Wildman–Crippen MR) is 87.8 cm³/mol. The lowest BCUT2D eigenvalue weighted by molar-refractivity contribution is -0.131. The fraction of sp³-hybridized carbons (Fsp3) is 0.333. The number of hydrogen-bond donors (Lipinski definition) is 0. The Hall–Kier alpha value is -2.43. The van der Waals surface area contributed by atoms with Gasteiger partial charge in [0.25, 0.3) is 0 Å². The zero-order valence-corrected chi connectivity index (χ0v) is 13.0. The van der Waals surface area contributed by atoms with Crippen molar-refractivity contribution in [2.45, 2.75) is 12.8 Å². The summed E-state index contributed by atoms with van der Waals surface area (Å²) in [6, 6.07) is 10.7. The number of para-hydroxylation sites is 1. The first-order chi connectivity index (χ1) is 11.2. The van der Waals surface area contributed by atoms with Gasteiger partial charge in [0.1, 0.15) is 5.82 Å². The molecule has 0 aliphatic carbocycles. The molecule has 23 heavy (non-hydrogen) atoms. The number of hydrogen-bond acceptors (Lipinski definition) is 3. The van der Waals surface area contributed by atoms with Gasteiger partial charge in [0.05, 0.1) is 5.69 Å². The summed E-state index contributed by atoms with van der Waals surface area (Å²) in [5, 5.41) is 0. The Balaban J connectivity index is 1.50. The highest BCUT2D eigenvalue weighted by atomic mass is 19.1. The van der Waals surface area contributed by atoms with Gasteiger partial charge in [-0.1, -0.05) is 12.1 Å². The van der Waals surface area contributed by atoms with E-state index in [1.807, 2.05) is 28.0 Å². The second kappa shape index (κ2) is 7.22. The molecule has 1 saturated heterocycles. The number of carbonyl (C=O) groups excluding carboxylic acids is 1. The number of halogens is 1. The zero-order valence-electron chi connectivity index (χ0n) is 13.0. The summed E-state index contributed by atoms with van der Waals surface area (Å²) in [5.74, 6) is -0.0417. The smallest absolute Gasteiger partial charge is 0.223 e. The molecule has 0 unspecified atom stereocenters. The summed E-state index contributed by atoms with van der Waals surface area (Å²) < 4.78 is 13.8. The molecular weight excluding hydrogens is 293 g/mol. The summed E-state index contributed by atoms with van der Waals surface area (Å²) in [5.41, 5.74) is 1.75. The highest BCUT2D eigenvalue weighted by Gasteiger charge is 2.22. The SMILES string of the molecule is O=C(CCc1ccncc1)N1CCN(c2ccccc2F)CC1. The maximum atomic E-state index is 13.8. The van der Waals surface area contributed by atoms with E-state index in [1.54, 1.807) is 24.5 Å². The number of anilines is 1. The van der Waals surface area contributed by atoms with E-state index in [4.69, 9.17) is 0 Å². The van der Waals surface area contributed by atoms with Crippen LogP contribution in [0.5, 0.6) is 0 Å². The Morgan fingerprint density at radius 3 is 2.43 bits per heavy atom. The Morgan fingerprint density at radius 1 is 1.04 bits per heavy atom. The second-order valence-electron chi connectivity index (χ2n) is 5.67. The summed E-state index contributed by atoms with van der Waals surface area (Å²) in [6.45, 7) is 2.62. The van der Waals surface area contributed by atoms with Gasteiger partial charge in [-0.15, -0.1) is 0 Å². The third-order valence-corrected chi connectivity index (χ3v) is 4.20. The Bertz CT molecular complexity index is 654. The number of aromatic nitrogens is 1. The van der Waals surface area contributed by atoms with Gasteiger partial charge in [0, 0.05) is 45.0 Å². The van der Waals surface area contributed by atoms with E-state index in [2.05, 4.69) is 4.98 Å². The third-order valence-electron chi connectivity index (χ3n) is 4.20. The van der Waals surface area contributed by atoms with E-state index < -0.39 is 0 Å². The molecule has 1 aromatic carbocycles. The van der Waals surface area contributed by atoms with Gasteiger partial charge in [-0.2, -0.15) is 0 Å². The van der Waals surface area contributed by atoms with Crippen LogP contribution in [-0.4, -0.2) is 42.0 Å². The molecule has 1 aliphatic rings. The van der Waals surface area contributed by atoms with Crippen LogP contribution >= 0.6 is 0 Å². The number of benzene rings is 1. The Labute approximate surface area is 135 Å². The van der Waals surface area contributed by atoms with E-state index >= 15 is 0 Å². The lowest BCUT2D eigenvalue weighted by Crippen LogP contribution is -2.49. The summed E-state index contributed by atoms with van der Waals surface area (Å²) >= 11 is 0. The molecule has 0 spiro atoms. The maximum Gasteiger partial charge on any atom is 0.223 e. The highest BCUT2D eigenvalue weighted by molar-refractivity contribution is 5.76. The minimum absolute atomic E-state index is 0.162. The molecule has 1 aliphatic heterocycles. The number of carbonyl (C=O) groups is 1. The molecule has 0 bridgehead atoms. The molecule has 1 fully saturated rings. The summed E-state index contributed by atoms with van der Waals surface area (Å²) in [6.07, 6.45) is 4.72. The van der Waals surface area contributed by atoms with Crippen LogP contribution in [0.1, 0.15) is 12.0 Å². The number of piperazine rings is 1. The molecule has 1 amide bonds. The van der Waals surface area contributed by atoms with Crippen LogP contribution in [0.3, 0.4) is 0 Å². The monoisotopic (exact) mass is 313 g/mol. The van der Waals surface area contributed by atoms with Crippen molar-refractivity contribution >= 4 is 11.6 Å². The van der Waals surface area contributed by atoms with Crippen molar-refractivity contribution in [3.05, 3.63) is 60.2 Å². The zero-order chi connectivity index (χ0) is 16.1. The van der Waals surface area contributed by atoms with Gasteiger partial charge in [-0.3, -0.25) is 9.78 Å². The fourth-order valence-corrected chi connectivity index (χ4v) is 2.86. The van der Waals surface area contributed by atoms with E-state index in [-0.39, 0.29) is 11.7 Å². The largest absolute Gasteiger partial charge is 0.366 e. The molecular formula is C18H20FN3O. The molecule has 2 aromatic rings. The molecule has 0 saturated carbocycles. The van der Waals surface area contributed by atoms with Crippen LogP contribution in [0.4, 0.5) is 10.1 Å². The van der Waals surface area contributed by atoms with E-state index in [9.17, 15) is 9.18 Å². The molecule has 4 nitrogen and oxygen atoms in total. The van der Waals surface area contributed by atoms with Gasteiger partial charge in [-0.05, 0) is 36.2 Å². The van der Waals surface area contributed by atoms with E-state index in [0.717, 1.165) is 12.0 Å². The molecule has 0 atom stereocenters. The average molecular weight is 313 g/mol. The summed E-state index contributed by atoms with van der Waals surface area (Å²) in [4.78, 5) is 20.1. The van der Waals surface area contributed by atoms with Crippen LogP contribution in [0, 0.1) is 5.82 Å². The molecule has 120 valence electrons. The minimum atomic E-state index is -0.204. The van der Waals surface area contributed by atoms with Gasteiger partial charge >= 0.3 is 0 Å². The van der Waals surface area contributed by atoms with Crippen molar-refractivity contribution in [2.75, 3.05) is 31.1 Å². The number of nitrogens with zero attached hydrogens (tertiary/aromatic N) is 3. The molecule has 0 radical (unpaired) electrons. The van der Waals surface area contributed by atoms with Gasteiger partial charge in [0.15, 0.2) is 0 Å². The highest BCUT2D eigenvalue weighted by Crippen LogP contribution is 2.20. The minimum Gasteiger partial charge on any atom is -0.366 e. The van der Waals surface area contributed by atoms with Crippen molar-refractivity contribution in [1.29, 1.82) is 0 Å². The second-order valence-corrected chi connectivity index (χ2v) is 5.67. The maximum absolute atomic E-state index is 13.8. The van der Waals surface area contributed by atoms with E-state index in [1.165, 1.54) is 6.07 Å². The fourth-order valence-electron chi connectivity index (χ4n) is 2.86. The lowest BCUT2D eigenvalue weighted by atomic mass is 10.1. The average Bonchev–Trinajstić information content (AvgIpc) is 2.61. The predicted octanol–water partition coefficient (Wildman–Crippen LogP) is 2.50. The normalized spacial score (nSPS) is 14.8. The molecule has 0 N–H and O–H groups in total. The number of rotatable bonds is 4. The van der Waals surface area contributed by atoms with Crippen molar-refractivity contribution < 1.29 is 9.18 Å². The van der Waals surface area contributed by atoms with Gasteiger partial charge < -0.3 is 9.80 Å². The molecule has 5 heteroatoms. The number of amides is 1. The number of aryl methyl sites for hydroxylation is 1. The quantitative estimate of drug-likeness (QED) is 0.870. The molecule has 3 rings (SSSR count). The van der Waals surface area contributed by atoms with E-state index in [0.29, 0.717) is 38.3 Å². The van der Waals surface area contributed by atoms with Crippen molar-refractivity contribution in [3.8, 4) is 0 Å². The lowest BCUT2D eigenvalue weighted by Gasteiger charge is -2.36. The standard InChI is InChI=1S/C18H20FN3O/c19-16-3-1-2-4-17(16)21-11-13-22(14-12-21)18(23)6-5-15-7-9-20-10-8-15/h1-4,7-10H,5-6,11-14H2.